The first-order valence-electron chi connectivity index (χ1n) is 9.09. The lowest BCUT2D eigenvalue weighted by atomic mass is 10.1. The maximum absolute atomic E-state index is 4.74. The molecule has 134 valence electrons. The molecule has 5 heteroatoms. The van der Waals surface area contributed by atoms with Gasteiger partial charge in [-0.05, 0) is 43.3 Å². The van der Waals surface area contributed by atoms with Crippen molar-refractivity contribution < 1.29 is 0 Å². The predicted octanol–water partition coefficient (Wildman–Crippen LogP) is 6.83. The molecule has 0 atom stereocenters. The Morgan fingerprint density at radius 3 is 2.50 bits per heavy atom. The van der Waals surface area contributed by atoms with Crippen LogP contribution in [0.2, 0.25) is 0 Å². The summed E-state index contributed by atoms with van der Waals surface area (Å²) >= 11 is 3.69. The Balaban J connectivity index is 1.78. The molecule has 0 unspecified atom stereocenters. The Hall–Kier alpha value is -3.02. The van der Waals surface area contributed by atoms with Gasteiger partial charge in [-0.3, -0.25) is 14.5 Å². The number of hydrogen-bond donors (Lipinski definition) is 0. The van der Waals surface area contributed by atoms with Crippen molar-refractivity contribution in [3.05, 3.63) is 77.9 Å². The van der Waals surface area contributed by atoms with E-state index in [1.165, 1.54) is 35.6 Å². The zero-order chi connectivity index (χ0) is 18.7. The molecule has 0 aliphatic rings. The summed E-state index contributed by atoms with van der Waals surface area (Å²) in [6, 6.07) is 21.3. The van der Waals surface area contributed by atoms with E-state index in [4.69, 9.17) is 4.98 Å². The Labute approximate surface area is 169 Å². The maximum atomic E-state index is 4.74. The highest BCUT2D eigenvalue weighted by Gasteiger charge is 2.19. The van der Waals surface area contributed by atoms with Crippen molar-refractivity contribution in [2.24, 2.45) is 0 Å². The lowest BCUT2D eigenvalue weighted by molar-refractivity contribution is 1.19. The molecule has 5 aromatic heterocycles. The summed E-state index contributed by atoms with van der Waals surface area (Å²) in [5.41, 5.74) is 4.13. The summed E-state index contributed by atoms with van der Waals surface area (Å²) in [5.74, 6) is 0. The second-order valence-corrected chi connectivity index (χ2v) is 9.14. The zero-order valence-electron chi connectivity index (χ0n) is 15.1. The topological polar surface area (TPSA) is 30.7 Å². The van der Waals surface area contributed by atoms with Gasteiger partial charge in [0.2, 0.25) is 0 Å². The molecule has 6 aromatic rings. The van der Waals surface area contributed by atoms with E-state index in [-0.39, 0.29) is 0 Å². The first-order chi connectivity index (χ1) is 13.8. The van der Waals surface area contributed by atoms with Gasteiger partial charge in [-0.2, -0.15) is 0 Å². The van der Waals surface area contributed by atoms with Gasteiger partial charge in [0.25, 0.3) is 0 Å². The molecule has 0 fully saturated rings. The minimum Gasteiger partial charge on any atom is -0.298 e. The van der Waals surface area contributed by atoms with Crippen LogP contribution in [0.1, 0.15) is 4.88 Å². The van der Waals surface area contributed by atoms with Crippen LogP contribution in [0.3, 0.4) is 0 Å². The smallest absolute Gasteiger partial charge is 0.113 e. The molecule has 1 aromatic carbocycles. The highest BCUT2D eigenvalue weighted by molar-refractivity contribution is 7.29. The molecule has 0 aliphatic heterocycles. The third-order valence-electron chi connectivity index (χ3n) is 5.03. The normalized spacial score (nSPS) is 11.8. The van der Waals surface area contributed by atoms with E-state index in [1.807, 2.05) is 53.3 Å². The number of thiophene rings is 2. The monoisotopic (exact) mass is 397 g/mol. The van der Waals surface area contributed by atoms with Crippen LogP contribution in [0.15, 0.2) is 73.1 Å². The second-order valence-electron chi connectivity index (χ2n) is 6.79. The molecule has 0 spiro atoms. The third-order valence-corrected chi connectivity index (χ3v) is 7.22. The van der Waals surface area contributed by atoms with Crippen molar-refractivity contribution in [2.45, 2.75) is 6.92 Å². The standard InChI is InChI=1S/C23H15N3S2/c1-14-12-19-20(27-14)13-21(28-19)26-18-8-3-2-6-15(18)16-9-11-25-22(23(16)26)17-7-4-5-10-24-17/h2-13H,1H3. The molecule has 0 radical (unpaired) electrons. The first kappa shape index (κ1) is 16.0. The zero-order valence-corrected chi connectivity index (χ0v) is 16.7. The fraction of sp³-hybridized carbons (Fsp3) is 0.0435. The fourth-order valence-electron chi connectivity index (χ4n) is 3.89. The number of para-hydroxylation sites is 1. The summed E-state index contributed by atoms with van der Waals surface area (Å²) in [6.45, 7) is 2.17. The van der Waals surface area contributed by atoms with E-state index >= 15 is 0 Å². The molecule has 6 rings (SSSR count). The van der Waals surface area contributed by atoms with Crippen LogP contribution < -0.4 is 0 Å². The van der Waals surface area contributed by atoms with E-state index in [1.54, 1.807) is 0 Å². The van der Waals surface area contributed by atoms with Gasteiger partial charge < -0.3 is 0 Å². The summed E-state index contributed by atoms with van der Waals surface area (Å²) in [4.78, 5) is 10.7. The van der Waals surface area contributed by atoms with E-state index in [0.717, 1.165) is 16.9 Å². The van der Waals surface area contributed by atoms with Crippen LogP contribution in [0.25, 0.3) is 47.6 Å². The predicted molar refractivity (Wildman–Crippen MR) is 120 cm³/mol. The summed E-state index contributed by atoms with van der Waals surface area (Å²) < 4.78 is 5.03. The number of aromatic nitrogens is 3. The maximum Gasteiger partial charge on any atom is 0.113 e. The highest BCUT2D eigenvalue weighted by Crippen LogP contribution is 2.41. The summed E-state index contributed by atoms with van der Waals surface area (Å²) in [5, 5.41) is 3.67. The quantitative estimate of drug-likeness (QED) is 0.321. The highest BCUT2D eigenvalue weighted by atomic mass is 32.1. The molecule has 0 bridgehead atoms. The molecule has 3 nitrogen and oxygen atoms in total. The van der Waals surface area contributed by atoms with E-state index in [0.29, 0.717) is 0 Å². The van der Waals surface area contributed by atoms with Gasteiger partial charge in [0, 0.05) is 37.4 Å². The van der Waals surface area contributed by atoms with Gasteiger partial charge >= 0.3 is 0 Å². The van der Waals surface area contributed by atoms with Crippen molar-refractivity contribution in [3.8, 4) is 16.4 Å². The molecule has 28 heavy (non-hydrogen) atoms. The van der Waals surface area contributed by atoms with Gasteiger partial charge in [-0.1, -0.05) is 24.3 Å². The van der Waals surface area contributed by atoms with Crippen molar-refractivity contribution in [1.82, 2.24) is 14.5 Å². The van der Waals surface area contributed by atoms with Crippen LogP contribution >= 0.6 is 22.7 Å². The minimum absolute atomic E-state index is 0.895. The first-order valence-corrected chi connectivity index (χ1v) is 10.7. The van der Waals surface area contributed by atoms with Crippen molar-refractivity contribution in [3.63, 3.8) is 0 Å². The number of fused-ring (bicyclic) bond motifs is 4. The largest absolute Gasteiger partial charge is 0.298 e. The number of aryl methyl sites for hydroxylation is 1. The van der Waals surface area contributed by atoms with Crippen LogP contribution in [0.5, 0.6) is 0 Å². The Kier molecular flexibility index (Phi) is 3.42. The number of rotatable bonds is 2. The number of hydrogen-bond acceptors (Lipinski definition) is 4. The molecular formula is C23H15N3S2. The van der Waals surface area contributed by atoms with Gasteiger partial charge in [0.05, 0.1) is 16.7 Å². The average Bonchev–Trinajstić information content (AvgIpc) is 3.37. The van der Waals surface area contributed by atoms with Gasteiger partial charge in [-0.15, -0.1) is 22.7 Å². The minimum atomic E-state index is 0.895. The average molecular weight is 398 g/mol. The Bertz CT molecular complexity index is 1440. The number of benzene rings is 1. The van der Waals surface area contributed by atoms with E-state index in [2.05, 4.69) is 58.9 Å². The van der Waals surface area contributed by atoms with E-state index < -0.39 is 0 Å². The van der Waals surface area contributed by atoms with Gasteiger partial charge in [-0.25, -0.2) is 0 Å². The van der Waals surface area contributed by atoms with E-state index in [9.17, 15) is 0 Å². The summed E-state index contributed by atoms with van der Waals surface area (Å²) in [7, 11) is 0. The molecular weight excluding hydrogens is 382 g/mol. The molecule has 0 aliphatic carbocycles. The molecule has 0 saturated heterocycles. The second kappa shape index (κ2) is 5.99. The van der Waals surface area contributed by atoms with Crippen molar-refractivity contribution in [1.29, 1.82) is 0 Å². The van der Waals surface area contributed by atoms with Gasteiger partial charge in [0.15, 0.2) is 0 Å². The van der Waals surface area contributed by atoms with Crippen LogP contribution in [-0.2, 0) is 0 Å². The Morgan fingerprint density at radius 2 is 1.64 bits per heavy atom. The number of pyridine rings is 2. The summed E-state index contributed by atoms with van der Waals surface area (Å²) in [6.07, 6.45) is 3.71. The van der Waals surface area contributed by atoms with Crippen molar-refractivity contribution in [2.75, 3.05) is 0 Å². The lowest BCUT2D eigenvalue weighted by Crippen LogP contribution is -1.95. The van der Waals surface area contributed by atoms with Crippen LogP contribution in [0, 0.1) is 6.92 Å². The molecule has 0 amide bonds. The Morgan fingerprint density at radius 1 is 0.786 bits per heavy atom. The molecule has 5 heterocycles. The number of nitrogens with zero attached hydrogens (tertiary/aromatic N) is 3. The SMILES string of the molecule is Cc1cc2sc(-n3c4ccccc4c4ccnc(-c5ccccn5)c43)cc2s1. The molecule has 0 N–H and O–H groups in total. The lowest BCUT2D eigenvalue weighted by Gasteiger charge is -2.08. The third kappa shape index (κ3) is 2.27. The molecule has 0 saturated carbocycles. The van der Waals surface area contributed by atoms with Crippen molar-refractivity contribution >= 4 is 53.9 Å². The van der Waals surface area contributed by atoms with Crippen LogP contribution in [0.4, 0.5) is 0 Å². The van der Waals surface area contributed by atoms with Gasteiger partial charge in [0.1, 0.15) is 10.7 Å². The van der Waals surface area contributed by atoms with Crippen LogP contribution in [-0.4, -0.2) is 14.5 Å². The fourth-order valence-corrected chi connectivity index (χ4v) is 6.22.